The second kappa shape index (κ2) is 4.86. The molecule has 1 aliphatic heterocycles. The van der Waals surface area contributed by atoms with Crippen LogP contribution in [0.1, 0.15) is 25.8 Å². The van der Waals surface area contributed by atoms with Gasteiger partial charge in [-0.05, 0) is 44.6 Å². The van der Waals surface area contributed by atoms with Crippen LogP contribution in [-0.4, -0.2) is 40.4 Å². The van der Waals surface area contributed by atoms with Crippen molar-refractivity contribution in [3.63, 3.8) is 0 Å². The van der Waals surface area contributed by atoms with Gasteiger partial charge in [-0.25, -0.2) is 10.0 Å². The molecule has 0 N–H and O–H groups in total. The number of likely N-dealkylation sites (tertiary alicyclic amines) is 1. The highest BCUT2D eigenvalue weighted by Gasteiger charge is 2.47. The van der Waals surface area contributed by atoms with Gasteiger partial charge in [-0.15, -0.1) is 0 Å². The monoisotopic (exact) mass is 279 g/mol. The molecule has 0 radical (unpaired) electrons. The van der Waals surface area contributed by atoms with Crippen LogP contribution in [-0.2, 0) is 11.3 Å². The first kappa shape index (κ1) is 14.4. The molecule has 2 rings (SSSR count). The van der Waals surface area contributed by atoms with Crippen LogP contribution in [0.25, 0.3) is 0 Å². The van der Waals surface area contributed by atoms with E-state index in [1.54, 1.807) is 0 Å². The highest BCUT2D eigenvalue weighted by Crippen LogP contribution is 2.50. The quantitative estimate of drug-likeness (QED) is 0.831. The Labute approximate surface area is 118 Å². The van der Waals surface area contributed by atoms with Crippen LogP contribution in [0.4, 0.5) is 0 Å². The van der Waals surface area contributed by atoms with Gasteiger partial charge in [-0.3, -0.25) is 4.79 Å². The average Bonchev–Trinajstić information content (AvgIpc) is 2.54. The SMILES string of the molecule is CC1(C)CC(S(C)(C)C)C(=O)N1Cc1ccccc1. The second-order valence-electron chi connectivity index (χ2n) is 6.85. The summed E-state index contributed by atoms with van der Waals surface area (Å²) in [7, 11) is -0.839. The molecular formula is C16H25NOS. The molecular weight excluding hydrogens is 254 g/mol. The molecule has 0 aromatic heterocycles. The van der Waals surface area contributed by atoms with Gasteiger partial charge in [0.1, 0.15) is 0 Å². The number of hydrogen-bond donors (Lipinski definition) is 0. The van der Waals surface area contributed by atoms with E-state index in [2.05, 4.69) is 49.6 Å². The van der Waals surface area contributed by atoms with E-state index in [0.29, 0.717) is 5.91 Å². The highest BCUT2D eigenvalue weighted by molar-refractivity contribution is 8.33. The summed E-state index contributed by atoms with van der Waals surface area (Å²) in [6, 6.07) is 10.3. The molecule has 1 unspecified atom stereocenters. The van der Waals surface area contributed by atoms with Crippen LogP contribution in [0.3, 0.4) is 0 Å². The Bertz CT molecular complexity index is 461. The number of amides is 1. The second-order valence-corrected chi connectivity index (χ2v) is 11.3. The van der Waals surface area contributed by atoms with Crippen LogP contribution < -0.4 is 0 Å². The van der Waals surface area contributed by atoms with Crippen LogP contribution in [0.5, 0.6) is 0 Å². The number of benzene rings is 1. The van der Waals surface area contributed by atoms with E-state index >= 15 is 0 Å². The molecule has 1 heterocycles. The third-order valence-electron chi connectivity index (χ3n) is 3.99. The lowest BCUT2D eigenvalue weighted by Gasteiger charge is -2.31. The van der Waals surface area contributed by atoms with Gasteiger partial charge in [0.05, 0.1) is 5.25 Å². The summed E-state index contributed by atoms with van der Waals surface area (Å²) >= 11 is 0. The molecule has 1 saturated heterocycles. The first-order valence-electron chi connectivity index (χ1n) is 6.74. The molecule has 0 bridgehead atoms. The Hall–Kier alpha value is -0.960. The van der Waals surface area contributed by atoms with Gasteiger partial charge in [-0.2, -0.15) is 0 Å². The Kier molecular flexibility index (Phi) is 3.69. The van der Waals surface area contributed by atoms with Crippen LogP contribution in [0.2, 0.25) is 0 Å². The van der Waals surface area contributed by atoms with Crippen LogP contribution in [0.15, 0.2) is 30.3 Å². The predicted molar refractivity (Wildman–Crippen MR) is 84.8 cm³/mol. The van der Waals surface area contributed by atoms with Crippen molar-refractivity contribution in [3.8, 4) is 0 Å². The van der Waals surface area contributed by atoms with Gasteiger partial charge in [0.25, 0.3) is 0 Å². The normalized spacial score (nSPS) is 23.7. The summed E-state index contributed by atoms with van der Waals surface area (Å²) in [5.74, 6) is 0.344. The van der Waals surface area contributed by atoms with Crippen molar-refractivity contribution in [2.24, 2.45) is 0 Å². The largest absolute Gasteiger partial charge is 0.332 e. The molecule has 1 fully saturated rings. The van der Waals surface area contributed by atoms with Crippen LogP contribution in [0, 0.1) is 0 Å². The van der Waals surface area contributed by atoms with Crippen LogP contribution >= 0.6 is 10.0 Å². The van der Waals surface area contributed by atoms with E-state index in [4.69, 9.17) is 0 Å². The van der Waals surface area contributed by atoms with E-state index in [1.807, 2.05) is 18.2 Å². The lowest BCUT2D eigenvalue weighted by Crippen LogP contribution is -2.40. The number of carbonyl (C=O) groups excluding carboxylic acids is 1. The number of nitrogens with zero attached hydrogens (tertiary/aromatic N) is 1. The first-order chi connectivity index (χ1) is 8.72. The fraction of sp³-hybridized carbons (Fsp3) is 0.562. The van der Waals surface area contributed by atoms with Gasteiger partial charge < -0.3 is 4.90 Å². The summed E-state index contributed by atoms with van der Waals surface area (Å²) in [5.41, 5.74) is 1.19. The zero-order chi connectivity index (χ0) is 14.3. The molecule has 0 saturated carbocycles. The molecule has 1 amide bonds. The third kappa shape index (κ3) is 2.97. The van der Waals surface area contributed by atoms with E-state index in [-0.39, 0.29) is 10.8 Å². The van der Waals surface area contributed by atoms with Gasteiger partial charge in [0.15, 0.2) is 0 Å². The Morgan fingerprint density at radius 3 is 2.26 bits per heavy atom. The molecule has 3 heteroatoms. The van der Waals surface area contributed by atoms with E-state index in [0.717, 1.165) is 13.0 Å². The summed E-state index contributed by atoms with van der Waals surface area (Å²) in [5, 5.41) is 0.214. The maximum absolute atomic E-state index is 12.7. The predicted octanol–water partition coefficient (Wildman–Crippen LogP) is 3.26. The Morgan fingerprint density at radius 2 is 1.79 bits per heavy atom. The van der Waals surface area contributed by atoms with Gasteiger partial charge in [0.2, 0.25) is 5.91 Å². The molecule has 1 atom stereocenters. The standard InChI is InChI=1S/C16H25NOS/c1-16(2)11-14(19(3,4)5)15(18)17(16)12-13-9-7-6-8-10-13/h6-10,14H,11-12H2,1-5H3. The molecule has 1 aromatic rings. The fourth-order valence-corrected chi connectivity index (χ4v) is 4.37. The number of carbonyl (C=O) groups is 1. The molecule has 1 aromatic carbocycles. The van der Waals surface area contributed by atoms with Gasteiger partial charge in [0, 0.05) is 12.1 Å². The van der Waals surface area contributed by atoms with E-state index in [9.17, 15) is 4.79 Å². The average molecular weight is 279 g/mol. The minimum absolute atomic E-state index is 0.0299. The van der Waals surface area contributed by atoms with E-state index in [1.165, 1.54) is 5.56 Å². The zero-order valence-electron chi connectivity index (χ0n) is 12.6. The molecule has 2 nitrogen and oxygen atoms in total. The van der Waals surface area contributed by atoms with Crippen molar-refractivity contribution < 1.29 is 4.79 Å². The fourth-order valence-electron chi connectivity index (χ4n) is 2.73. The summed E-state index contributed by atoms with van der Waals surface area (Å²) in [6.45, 7) is 5.12. The smallest absolute Gasteiger partial charge is 0.234 e. The topological polar surface area (TPSA) is 20.3 Å². The molecule has 0 spiro atoms. The summed E-state index contributed by atoms with van der Waals surface area (Å²) in [4.78, 5) is 14.8. The van der Waals surface area contributed by atoms with E-state index < -0.39 is 10.0 Å². The molecule has 106 valence electrons. The number of hydrogen-bond acceptors (Lipinski definition) is 1. The van der Waals surface area contributed by atoms with Crippen molar-refractivity contribution >= 4 is 15.9 Å². The Morgan fingerprint density at radius 1 is 1.21 bits per heavy atom. The van der Waals surface area contributed by atoms with Crippen molar-refractivity contribution in [1.29, 1.82) is 0 Å². The minimum atomic E-state index is -0.839. The lowest BCUT2D eigenvalue weighted by molar-refractivity contribution is -0.130. The lowest BCUT2D eigenvalue weighted by atomic mass is 10.0. The van der Waals surface area contributed by atoms with Crippen molar-refractivity contribution in [1.82, 2.24) is 4.90 Å². The third-order valence-corrected chi connectivity index (χ3v) is 6.07. The van der Waals surface area contributed by atoms with Crippen molar-refractivity contribution in [3.05, 3.63) is 35.9 Å². The molecule has 1 aliphatic rings. The summed E-state index contributed by atoms with van der Waals surface area (Å²) < 4.78 is 0. The highest BCUT2D eigenvalue weighted by atomic mass is 32.3. The Balaban J connectivity index is 2.23. The summed E-state index contributed by atoms with van der Waals surface area (Å²) in [6.07, 6.45) is 7.73. The molecule has 0 aliphatic carbocycles. The molecule has 19 heavy (non-hydrogen) atoms. The maximum atomic E-state index is 12.7. The first-order valence-corrected chi connectivity index (χ1v) is 9.66. The minimum Gasteiger partial charge on any atom is -0.332 e. The zero-order valence-corrected chi connectivity index (χ0v) is 13.5. The van der Waals surface area contributed by atoms with Crippen molar-refractivity contribution in [2.45, 2.75) is 37.6 Å². The number of rotatable bonds is 3. The van der Waals surface area contributed by atoms with Crippen molar-refractivity contribution in [2.75, 3.05) is 18.8 Å². The van der Waals surface area contributed by atoms with Gasteiger partial charge in [-0.1, -0.05) is 30.3 Å². The van der Waals surface area contributed by atoms with Gasteiger partial charge >= 0.3 is 0 Å². The maximum Gasteiger partial charge on any atom is 0.234 e.